The SMILES string of the molecule is C[C@H]1CN(c2ccc3c(C#N)nccc3c2)S(=O)(=O)N(C2OC(C(=O)O)C(O)C(O)C2O)C1. The summed E-state index contributed by atoms with van der Waals surface area (Å²) < 4.78 is 34.2. The minimum Gasteiger partial charge on any atom is -0.479 e. The number of benzene rings is 1. The molecule has 5 unspecified atom stereocenters. The fourth-order valence-electron chi connectivity index (χ4n) is 4.15. The molecule has 2 fully saturated rings. The second-order valence-corrected chi connectivity index (χ2v) is 9.95. The number of aliphatic hydroxyl groups excluding tert-OH is 3. The molecule has 3 heterocycles. The number of fused-ring (bicyclic) bond motifs is 1. The van der Waals surface area contributed by atoms with E-state index in [0.717, 1.165) is 8.61 Å². The van der Waals surface area contributed by atoms with Gasteiger partial charge >= 0.3 is 16.2 Å². The van der Waals surface area contributed by atoms with Crippen LogP contribution in [-0.2, 0) is 19.7 Å². The summed E-state index contributed by atoms with van der Waals surface area (Å²) in [7, 11) is -4.34. The van der Waals surface area contributed by atoms with E-state index in [9.17, 15) is 38.9 Å². The van der Waals surface area contributed by atoms with E-state index in [-0.39, 0.29) is 30.4 Å². The Labute approximate surface area is 189 Å². The zero-order chi connectivity index (χ0) is 24.1. The summed E-state index contributed by atoms with van der Waals surface area (Å²) in [5.74, 6) is -1.87. The average Bonchev–Trinajstić information content (AvgIpc) is 2.78. The van der Waals surface area contributed by atoms with Crippen molar-refractivity contribution < 1.29 is 38.4 Å². The van der Waals surface area contributed by atoms with Crippen LogP contribution in [0.2, 0.25) is 0 Å². The molecule has 0 aliphatic carbocycles. The number of rotatable bonds is 3. The second kappa shape index (κ2) is 8.49. The number of carboxylic acids is 1. The van der Waals surface area contributed by atoms with Crippen molar-refractivity contribution in [1.82, 2.24) is 9.29 Å². The van der Waals surface area contributed by atoms with Crippen molar-refractivity contribution in [3.8, 4) is 6.07 Å². The molecule has 0 spiro atoms. The van der Waals surface area contributed by atoms with E-state index in [1.54, 1.807) is 25.1 Å². The molecule has 2 aliphatic rings. The lowest BCUT2D eigenvalue weighted by atomic mass is 9.97. The van der Waals surface area contributed by atoms with Crippen LogP contribution in [0.4, 0.5) is 5.69 Å². The first-order valence-electron chi connectivity index (χ1n) is 10.1. The lowest BCUT2D eigenvalue weighted by Crippen LogP contribution is -2.68. The highest BCUT2D eigenvalue weighted by Crippen LogP contribution is 2.34. The van der Waals surface area contributed by atoms with Gasteiger partial charge in [0, 0.05) is 24.7 Å². The van der Waals surface area contributed by atoms with Crippen LogP contribution in [0.25, 0.3) is 10.8 Å². The van der Waals surface area contributed by atoms with Crippen molar-refractivity contribution in [2.24, 2.45) is 5.92 Å². The third-order valence-corrected chi connectivity index (χ3v) is 7.67. The number of hydrogen-bond donors (Lipinski definition) is 4. The Morgan fingerprint density at radius 3 is 2.58 bits per heavy atom. The van der Waals surface area contributed by atoms with Gasteiger partial charge in [-0.15, -0.1) is 0 Å². The maximum absolute atomic E-state index is 13.5. The summed E-state index contributed by atoms with van der Waals surface area (Å²) in [6.45, 7) is 1.76. The highest BCUT2D eigenvalue weighted by molar-refractivity contribution is 7.90. The van der Waals surface area contributed by atoms with E-state index in [1.807, 2.05) is 6.07 Å². The predicted octanol–water partition coefficient (Wildman–Crippen LogP) is -0.998. The molecule has 33 heavy (non-hydrogen) atoms. The minimum absolute atomic E-state index is 0.0941. The number of aromatic nitrogens is 1. The topological polar surface area (TPSA) is 185 Å². The summed E-state index contributed by atoms with van der Waals surface area (Å²) in [6.07, 6.45) is -7.95. The smallest absolute Gasteiger partial charge is 0.335 e. The molecule has 176 valence electrons. The zero-order valence-electron chi connectivity index (χ0n) is 17.4. The van der Waals surface area contributed by atoms with Gasteiger partial charge in [-0.05, 0) is 35.6 Å². The van der Waals surface area contributed by atoms with Crippen LogP contribution in [-0.4, -0.2) is 87.8 Å². The van der Waals surface area contributed by atoms with Crippen molar-refractivity contribution in [1.29, 1.82) is 5.26 Å². The zero-order valence-corrected chi connectivity index (χ0v) is 18.2. The number of anilines is 1. The normalized spacial score (nSPS) is 32.4. The molecule has 1 aromatic heterocycles. The highest BCUT2D eigenvalue weighted by Gasteiger charge is 2.53. The van der Waals surface area contributed by atoms with E-state index < -0.39 is 46.8 Å². The number of hydrogen-bond acceptors (Lipinski definition) is 9. The maximum atomic E-state index is 13.5. The van der Waals surface area contributed by atoms with E-state index >= 15 is 0 Å². The molecule has 13 heteroatoms. The Kier molecular flexibility index (Phi) is 5.99. The Balaban J connectivity index is 1.74. The van der Waals surface area contributed by atoms with Crippen molar-refractivity contribution in [2.75, 3.05) is 17.4 Å². The van der Waals surface area contributed by atoms with Crippen molar-refractivity contribution in [3.63, 3.8) is 0 Å². The molecule has 0 amide bonds. The Morgan fingerprint density at radius 2 is 1.91 bits per heavy atom. The van der Waals surface area contributed by atoms with Gasteiger partial charge in [0.1, 0.15) is 30.1 Å². The molecule has 0 saturated carbocycles. The van der Waals surface area contributed by atoms with E-state index in [4.69, 9.17) is 4.74 Å². The van der Waals surface area contributed by atoms with Gasteiger partial charge in [0.25, 0.3) is 0 Å². The first-order valence-corrected chi connectivity index (χ1v) is 11.5. The Hall–Kier alpha value is -2.86. The third-order valence-electron chi connectivity index (χ3n) is 5.80. The molecule has 2 aromatic rings. The second-order valence-electron chi connectivity index (χ2n) is 8.15. The number of aliphatic hydroxyl groups is 3. The lowest BCUT2D eigenvalue weighted by Gasteiger charge is -2.47. The van der Waals surface area contributed by atoms with E-state index in [2.05, 4.69) is 4.98 Å². The summed E-state index contributed by atoms with van der Waals surface area (Å²) >= 11 is 0. The number of ether oxygens (including phenoxy) is 1. The average molecular weight is 478 g/mol. The van der Waals surface area contributed by atoms with Crippen LogP contribution in [0.3, 0.4) is 0 Å². The van der Waals surface area contributed by atoms with E-state index in [0.29, 0.717) is 10.8 Å². The first kappa shape index (κ1) is 23.3. The van der Waals surface area contributed by atoms with Crippen molar-refractivity contribution in [3.05, 3.63) is 36.2 Å². The van der Waals surface area contributed by atoms with E-state index in [1.165, 1.54) is 12.3 Å². The largest absolute Gasteiger partial charge is 0.479 e. The minimum atomic E-state index is -4.34. The standard InChI is InChI=1S/C20H22N4O8S/c1-10-8-23(12-2-3-13-11(6-12)4-5-22-14(13)7-21)33(30,31)24(9-10)19-17(27)15(25)16(26)18(32-19)20(28)29/h2-6,10,15-19,25-27H,8-9H2,1H3,(H,28,29)/t10-,15?,16?,17?,18?,19?/m0/s1. The molecule has 4 N–H and O–H groups in total. The van der Waals surface area contributed by atoms with Crippen molar-refractivity contribution in [2.45, 2.75) is 37.6 Å². The lowest BCUT2D eigenvalue weighted by molar-refractivity contribution is -0.249. The molecule has 0 bridgehead atoms. The molecular weight excluding hydrogens is 456 g/mol. The molecule has 2 aliphatic heterocycles. The quantitative estimate of drug-likeness (QED) is 0.427. The molecular formula is C20H22N4O8S. The van der Waals surface area contributed by atoms with Crippen LogP contribution < -0.4 is 4.31 Å². The van der Waals surface area contributed by atoms with Gasteiger partial charge in [0.15, 0.2) is 12.3 Å². The number of aliphatic carboxylic acids is 1. The van der Waals surface area contributed by atoms with Gasteiger partial charge in [0.05, 0.1) is 5.69 Å². The molecule has 12 nitrogen and oxygen atoms in total. The monoisotopic (exact) mass is 478 g/mol. The molecule has 6 atom stereocenters. The van der Waals surface area contributed by atoms with Crippen LogP contribution in [0.15, 0.2) is 30.5 Å². The summed E-state index contributed by atoms with van der Waals surface area (Å²) in [6, 6.07) is 8.31. The van der Waals surface area contributed by atoms with Gasteiger partial charge in [-0.2, -0.15) is 18.0 Å². The van der Waals surface area contributed by atoms with Crippen LogP contribution >= 0.6 is 0 Å². The molecule has 2 saturated heterocycles. The van der Waals surface area contributed by atoms with Gasteiger partial charge in [-0.3, -0.25) is 4.31 Å². The number of pyridine rings is 1. The number of nitriles is 1. The Morgan fingerprint density at radius 1 is 1.18 bits per heavy atom. The number of carbonyl (C=O) groups is 1. The maximum Gasteiger partial charge on any atom is 0.335 e. The van der Waals surface area contributed by atoms with Crippen LogP contribution in [0.1, 0.15) is 12.6 Å². The summed E-state index contributed by atoms with van der Waals surface area (Å²) in [5.41, 5.74) is 0.483. The van der Waals surface area contributed by atoms with Crippen molar-refractivity contribution >= 4 is 32.6 Å². The highest BCUT2D eigenvalue weighted by atomic mass is 32.2. The van der Waals surface area contributed by atoms with Crippen LogP contribution in [0, 0.1) is 17.2 Å². The van der Waals surface area contributed by atoms with Crippen LogP contribution in [0.5, 0.6) is 0 Å². The molecule has 0 radical (unpaired) electrons. The van der Waals surface area contributed by atoms with Gasteiger partial charge in [0.2, 0.25) is 0 Å². The fourth-order valence-corrected chi connectivity index (χ4v) is 6.11. The number of nitrogens with zero attached hydrogens (tertiary/aromatic N) is 4. The summed E-state index contributed by atoms with van der Waals surface area (Å²) in [4.78, 5) is 15.4. The third kappa shape index (κ3) is 3.90. The fraction of sp³-hybridized carbons (Fsp3) is 0.450. The van der Waals surface area contributed by atoms with Gasteiger partial charge < -0.3 is 25.2 Å². The molecule has 4 rings (SSSR count). The Bertz CT molecular complexity index is 1230. The van der Waals surface area contributed by atoms with Gasteiger partial charge in [-0.25, -0.2) is 9.78 Å². The predicted molar refractivity (Wildman–Crippen MR) is 113 cm³/mol. The number of carboxylic acid groups (broad SMARTS) is 1. The molecule has 1 aromatic carbocycles. The van der Waals surface area contributed by atoms with Gasteiger partial charge in [-0.1, -0.05) is 6.92 Å². The first-order chi connectivity index (χ1) is 15.6. The summed E-state index contributed by atoms with van der Waals surface area (Å²) in [5, 5.41) is 50.2.